The number of fused-ring (bicyclic) bond motifs is 1. The minimum Gasteiger partial charge on any atom is -0.444 e. The lowest BCUT2D eigenvalue weighted by Gasteiger charge is -2.19. The average Bonchev–Trinajstić information content (AvgIpc) is 3.22. The molecule has 4 rings (SSSR count). The summed E-state index contributed by atoms with van der Waals surface area (Å²) in [5.74, 6) is -0.279. The first-order chi connectivity index (χ1) is 15.7. The fraction of sp³-hybridized carbons (Fsp3) is 0.280. The van der Waals surface area contributed by atoms with E-state index < -0.39 is 11.7 Å². The Morgan fingerprint density at radius 1 is 1.09 bits per heavy atom. The van der Waals surface area contributed by atoms with Gasteiger partial charge in [0.1, 0.15) is 5.60 Å². The summed E-state index contributed by atoms with van der Waals surface area (Å²) >= 11 is 0. The summed E-state index contributed by atoms with van der Waals surface area (Å²) in [5, 5.41) is 5.33. The number of aromatic amines is 1. The molecule has 3 heterocycles. The quantitative estimate of drug-likeness (QED) is 0.517. The number of benzene rings is 1. The zero-order valence-corrected chi connectivity index (χ0v) is 18.8. The number of rotatable bonds is 5. The van der Waals surface area contributed by atoms with Crippen molar-refractivity contribution < 1.29 is 19.1 Å². The summed E-state index contributed by atoms with van der Waals surface area (Å²) < 4.78 is 5.15. The number of aromatic nitrogens is 2. The van der Waals surface area contributed by atoms with E-state index >= 15 is 0 Å². The van der Waals surface area contributed by atoms with Crippen molar-refractivity contribution in [3.63, 3.8) is 0 Å². The molecule has 0 atom stereocenters. The second-order valence-electron chi connectivity index (χ2n) is 8.87. The van der Waals surface area contributed by atoms with E-state index in [-0.39, 0.29) is 18.2 Å². The lowest BCUT2D eigenvalue weighted by molar-refractivity contribution is 0.0520. The molecule has 1 aliphatic rings. The van der Waals surface area contributed by atoms with Gasteiger partial charge in [0.15, 0.2) is 5.78 Å². The third-order valence-corrected chi connectivity index (χ3v) is 5.17. The largest absolute Gasteiger partial charge is 0.444 e. The average molecular weight is 447 g/mol. The molecule has 0 radical (unpaired) electrons. The molecule has 2 amide bonds. The molecule has 3 N–H and O–H groups in total. The first-order valence-electron chi connectivity index (χ1n) is 10.8. The second kappa shape index (κ2) is 8.90. The van der Waals surface area contributed by atoms with E-state index in [1.54, 1.807) is 39.1 Å². The molecule has 1 aromatic carbocycles. The highest BCUT2D eigenvalue weighted by molar-refractivity contribution is 5.99. The molecular weight excluding hydrogens is 420 g/mol. The van der Waals surface area contributed by atoms with Crippen LogP contribution in [0.2, 0.25) is 0 Å². The predicted octanol–water partition coefficient (Wildman–Crippen LogP) is 3.74. The van der Waals surface area contributed by atoms with Gasteiger partial charge in [-0.3, -0.25) is 14.6 Å². The van der Waals surface area contributed by atoms with Crippen LogP contribution >= 0.6 is 0 Å². The smallest absolute Gasteiger partial charge is 0.408 e. The predicted molar refractivity (Wildman–Crippen MR) is 124 cm³/mol. The number of H-pyrrole nitrogens is 1. The maximum absolute atomic E-state index is 12.4. The van der Waals surface area contributed by atoms with E-state index in [1.165, 1.54) is 0 Å². The van der Waals surface area contributed by atoms with Gasteiger partial charge in [0, 0.05) is 47.2 Å². The molecule has 0 unspecified atom stereocenters. The van der Waals surface area contributed by atoms with E-state index in [1.807, 2.05) is 30.3 Å². The summed E-state index contributed by atoms with van der Waals surface area (Å²) in [6.45, 7) is 5.77. The van der Waals surface area contributed by atoms with Gasteiger partial charge in [0.25, 0.3) is 5.91 Å². The number of hydrogen-bond acceptors (Lipinski definition) is 5. The molecule has 3 aromatic rings. The van der Waals surface area contributed by atoms with Gasteiger partial charge in [-0.25, -0.2) is 4.79 Å². The zero-order chi connectivity index (χ0) is 23.6. The maximum atomic E-state index is 12.4. The van der Waals surface area contributed by atoms with Crippen molar-refractivity contribution in [2.45, 2.75) is 32.8 Å². The molecule has 170 valence electrons. The van der Waals surface area contributed by atoms with Crippen molar-refractivity contribution in [3.8, 4) is 22.5 Å². The van der Waals surface area contributed by atoms with Gasteiger partial charge in [-0.2, -0.15) is 0 Å². The number of carbonyl (C=O) groups excluding carboxylic acids is 3. The molecule has 1 aliphatic heterocycles. The fourth-order valence-corrected chi connectivity index (χ4v) is 3.60. The van der Waals surface area contributed by atoms with E-state index in [2.05, 4.69) is 20.6 Å². The van der Waals surface area contributed by atoms with Gasteiger partial charge in [-0.05, 0) is 39.0 Å². The van der Waals surface area contributed by atoms with Gasteiger partial charge >= 0.3 is 6.09 Å². The molecule has 2 aromatic heterocycles. The Bertz CT molecular complexity index is 1210. The number of alkyl carbamates (subject to hydrolysis) is 1. The van der Waals surface area contributed by atoms with Crippen LogP contribution in [0, 0.1) is 0 Å². The number of nitrogens with zero attached hydrogens (tertiary/aromatic N) is 1. The summed E-state index contributed by atoms with van der Waals surface area (Å²) in [5.41, 5.74) is 4.85. The van der Waals surface area contributed by atoms with Crippen LogP contribution in [0.1, 0.15) is 47.2 Å². The van der Waals surface area contributed by atoms with E-state index in [0.717, 1.165) is 34.6 Å². The van der Waals surface area contributed by atoms with Gasteiger partial charge in [-0.15, -0.1) is 0 Å². The number of Topliss-reactive ketones (excluding diaryl/α,β-unsaturated/α-hetero) is 1. The number of hydrogen-bond donors (Lipinski definition) is 3. The maximum Gasteiger partial charge on any atom is 0.408 e. The monoisotopic (exact) mass is 446 g/mol. The standard InChI is InChI=1S/C25H26N4O4/c1-25(2,3)33-24(32)28-14-22(30)16-6-4-15(5-7-16)20-12-17(8-10-26-20)21-13-18-19(29-21)9-11-27-23(18)31/h4-8,10,12-13,29H,9,11,14H2,1-3H3,(H,27,31)(H,28,32). The minimum absolute atomic E-state index is 0.0607. The van der Waals surface area contributed by atoms with Crippen molar-refractivity contribution in [2.24, 2.45) is 0 Å². The second-order valence-corrected chi connectivity index (χ2v) is 8.87. The van der Waals surface area contributed by atoms with Gasteiger partial charge in [-0.1, -0.05) is 24.3 Å². The third-order valence-electron chi connectivity index (χ3n) is 5.17. The van der Waals surface area contributed by atoms with Gasteiger partial charge < -0.3 is 20.4 Å². The number of pyridine rings is 1. The summed E-state index contributed by atoms with van der Waals surface area (Å²) in [4.78, 5) is 44.0. The molecule has 33 heavy (non-hydrogen) atoms. The first kappa shape index (κ1) is 22.3. The topological polar surface area (TPSA) is 113 Å². The van der Waals surface area contributed by atoms with Crippen LogP contribution in [0.4, 0.5) is 4.79 Å². The molecule has 0 spiro atoms. The Balaban J connectivity index is 1.46. The molecule has 0 bridgehead atoms. The van der Waals surface area contributed by atoms with Crippen LogP contribution in [0.25, 0.3) is 22.5 Å². The Morgan fingerprint density at radius 2 is 1.85 bits per heavy atom. The highest BCUT2D eigenvalue weighted by Gasteiger charge is 2.20. The minimum atomic E-state index is -0.628. The lowest BCUT2D eigenvalue weighted by atomic mass is 10.0. The lowest BCUT2D eigenvalue weighted by Crippen LogP contribution is -2.35. The third kappa shape index (κ3) is 5.28. The Hall–Kier alpha value is -3.94. The summed E-state index contributed by atoms with van der Waals surface area (Å²) in [7, 11) is 0. The Morgan fingerprint density at radius 3 is 2.55 bits per heavy atom. The highest BCUT2D eigenvalue weighted by Crippen LogP contribution is 2.27. The Kier molecular flexibility index (Phi) is 6.00. The normalized spacial score (nSPS) is 13.1. The van der Waals surface area contributed by atoms with Crippen LogP contribution in [0.3, 0.4) is 0 Å². The highest BCUT2D eigenvalue weighted by atomic mass is 16.6. The molecular formula is C25H26N4O4. The Labute approximate surface area is 191 Å². The molecule has 8 nitrogen and oxygen atoms in total. The molecule has 0 aliphatic carbocycles. The SMILES string of the molecule is CC(C)(C)OC(=O)NCC(=O)c1ccc(-c2cc(-c3cc4c([nH]3)CCNC4=O)ccn2)cc1. The van der Waals surface area contributed by atoms with Crippen molar-refractivity contribution in [1.29, 1.82) is 0 Å². The van der Waals surface area contributed by atoms with Crippen LogP contribution in [0.15, 0.2) is 48.7 Å². The number of ether oxygens (including phenoxy) is 1. The number of nitrogens with one attached hydrogen (secondary N) is 3. The summed E-state index contributed by atoms with van der Waals surface area (Å²) in [6, 6.07) is 12.7. The van der Waals surface area contributed by atoms with Crippen molar-refractivity contribution in [3.05, 3.63) is 65.5 Å². The van der Waals surface area contributed by atoms with E-state index in [0.29, 0.717) is 17.7 Å². The molecule has 0 saturated carbocycles. The van der Waals surface area contributed by atoms with Gasteiger partial charge in [0.2, 0.25) is 0 Å². The fourth-order valence-electron chi connectivity index (χ4n) is 3.60. The zero-order valence-electron chi connectivity index (χ0n) is 18.8. The van der Waals surface area contributed by atoms with Crippen LogP contribution < -0.4 is 10.6 Å². The first-order valence-corrected chi connectivity index (χ1v) is 10.8. The van der Waals surface area contributed by atoms with Crippen molar-refractivity contribution >= 4 is 17.8 Å². The molecule has 0 saturated heterocycles. The van der Waals surface area contributed by atoms with Crippen LogP contribution in [0.5, 0.6) is 0 Å². The molecule has 0 fully saturated rings. The number of amides is 2. The number of ketones is 1. The van der Waals surface area contributed by atoms with Gasteiger partial charge in [0.05, 0.1) is 17.8 Å². The summed E-state index contributed by atoms with van der Waals surface area (Å²) in [6.07, 6.45) is 1.86. The van der Waals surface area contributed by atoms with E-state index in [4.69, 9.17) is 4.74 Å². The molecule has 8 heteroatoms. The van der Waals surface area contributed by atoms with Crippen molar-refractivity contribution in [1.82, 2.24) is 20.6 Å². The van der Waals surface area contributed by atoms with E-state index in [9.17, 15) is 14.4 Å². The van der Waals surface area contributed by atoms with Crippen LogP contribution in [-0.2, 0) is 11.2 Å². The van der Waals surface area contributed by atoms with Crippen molar-refractivity contribution in [2.75, 3.05) is 13.1 Å². The van der Waals surface area contributed by atoms with Crippen LogP contribution in [-0.4, -0.2) is 46.4 Å². The number of carbonyl (C=O) groups is 3.